The molecule has 4 rings (SSSR count). The van der Waals surface area contributed by atoms with Crippen molar-refractivity contribution in [1.82, 2.24) is 25.6 Å². The first kappa shape index (κ1) is 20.0. The lowest BCUT2D eigenvalue weighted by molar-refractivity contribution is -0.132. The maximum absolute atomic E-state index is 12.4. The number of carbonyl (C=O) groups is 1. The molecule has 8 heteroatoms. The van der Waals surface area contributed by atoms with E-state index in [1.165, 1.54) is 0 Å². The first-order valence-electron chi connectivity index (χ1n) is 10.0. The van der Waals surface area contributed by atoms with Crippen molar-refractivity contribution in [2.24, 2.45) is 7.05 Å². The molecule has 1 aliphatic heterocycles. The molecule has 1 amide bonds. The van der Waals surface area contributed by atoms with Crippen LogP contribution in [0.25, 0.3) is 22.2 Å². The van der Waals surface area contributed by atoms with Gasteiger partial charge in [0, 0.05) is 26.6 Å². The number of amides is 1. The van der Waals surface area contributed by atoms with E-state index in [1.807, 2.05) is 43.4 Å². The van der Waals surface area contributed by atoms with Gasteiger partial charge in [-0.15, -0.1) is 5.10 Å². The van der Waals surface area contributed by atoms with Gasteiger partial charge < -0.3 is 15.4 Å². The van der Waals surface area contributed by atoms with E-state index in [9.17, 15) is 10.1 Å². The summed E-state index contributed by atoms with van der Waals surface area (Å²) < 4.78 is 7.31. The molecule has 3 aromatic rings. The largest absolute Gasteiger partial charge is 0.367 e. The molecule has 0 bridgehead atoms. The number of nitrogens with zero attached hydrogens (tertiary/aromatic N) is 4. The predicted octanol–water partition coefficient (Wildman–Crippen LogP) is 1.56. The van der Waals surface area contributed by atoms with Crippen LogP contribution in [0.15, 0.2) is 42.5 Å². The average Bonchev–Trinajstić information content (AvgIpc) is 2.96. The molecule has 2 atom stereocenters. The van der Waals surface area contributed by atoms with Gasteiger partial charge in [-0.3, -0.25) is 4.79 Å². The summed E-state index contributed by atoms with van der Waals surface area (Å²) in [5.41, 5.74) is 4.95. The molecule has 154 valence electrons. The molecular formula is C22H24N6O2. The Hall–Kier alpha value is -3.28. The molecule has 0 radical (unpaired) electrons. The number of carbonyl (C=O) groups excluding carboxylic acids is 1. The number of benzene rings is 2. The quantitative estimate of drug-likeness (QED) is 0.669. The molecule has 30 heavy (non-hydrogen) atoms. The Bertz CT molecular complexity index is 1060. The van der Waals surface area contributed by atoms with Crippen LogP contribution in [-0.2, 0) is 23.0 Å². The van der Waals surface area contributed by atoms with E-state index in [0.717, 1.165) is 40.7 Å². The molecule has 2 N–H and O–H groups in total. The Morgan fingerprint density at radius 3 is 2.93 bits per heavy atom. The number of aromatic nitrogens is 3. The molecule has 0 aliphatic carbocycles. The van der Waals surface area contributed by atoms with Crippen molar-refractivity contribution in [3.8, 4) is 17.2 Å². The van der Waals surface area contributed by atoms with Crippen LogP contribution in [0.1, 0.15) is 12.0 Å². The maximum atomic E-state index is 12.4. The fraction of sp³-hybridized carbons (Fsp3) is 0.364. The van der Waals surface area contributed by atoms with Gasteiger partial charge in [0.1, 0.15) is 17.7 Å². The number of aryl methyl sites for hydroxylation is 1. The Labute approximate surface area is 174 Å². The molecule has 8 nitrogen and oxygen atoms in total. The van der Waals surface area contributed by atoms with Crippen LogP contribution < -0.4 is 10.6 Å². The zero-order chi connectivity index (χ0) is 20.9. The molecule has 0 saturated carbocycles. The van der Waals surface area contributed by atoms with E-state index in [4.69, 9.17) is 4.74 Å². The Kier molecular flexibility index (Phi) is 6.02. The van der Waals surface area contributed by atoms with Gasteiger partial charge in [0.25, 0.3) is 5.91 Å². The number of nitriles is 1. The topological polar surface area (TPSA) is 105 Å². The maximum Gasteiger partial charge on any atom is 0.251 e. The second kappa shape index (κ2) is 9.03. The van der Waals surface area contributed by atoms with E-state index >= 15 is 0 Å². The third kappa shape index (κ3) is 4.48. The highest BCUT2D eigenvalue weighted by Crippen LogP contribution is 2.24. The van der Waals surface area contributed by atoms with Crippen molar-refractivity contribution in [2.45, 2.75) is 25.0 Å². The molecule has 1 aliphatic rings. The monoisotopic (exact) mass is 404 g/mol. The van der Waals surface area contributed by atoms with Gasteiger partial charge in [0.05, 0.1) is 11.6 Å². The van der Waals surface area contributed by atoms with Crippen molar-refractivity contribution in [1.29, 1.82) is 5.26 Å². The first-order valence-corrected chi connectivity index (χ1v) is 10.0. The first-order chi connectivity index (χ1) is 14.6. The summed E-state index contributed by atoms with van der Waals surface area (Å²) in [4.78, 5) is 12.4. The van der Waals surface area contributed by atoms with Crippen LogP contribution in [0.3, 0.4) is 0 Å². The molecule has 2 aromatic carbocycles. The van der Waals surface area contributed by atoms with Crippen LogP contribution in [0.5, 0.6) is 0 Å². The van der Waals surface area contributed by atoms with Crippen molar-refractivity contribution in [3.05, 3.63) is 48.0 Å². The van der Waals surface area contributed by atoms with Gasteiger partial charge >= 0.3 is 0 Å². The fourth-order valence-electron chi connectivity index (χ4n) is 3.56. The predicted molar refractivity (Wildman–Crippen MR) is 112 cm³/mol. The van der Waals surface area contributed by atoms with Crippen LogP contribution >= 0.6 is 0 Å². The molecular weight excluding hydrogens is 380 g/mol. The number of hydrogen-bond acceptors (Lipinski definition) is 6. The summed E-state index contributed by atoms with van der Waals surface area (Å²) in [6, 6.07) is 15.6. The molecule has 0 unspecified atom stereocenters. The SMILES string of the molecule is Cn1nnc2ccc(-c3ccc(C[C@H](C#N)NC(=O)[C@@H]4CNCCCO4)cc3)cc21. The van der Waals surface area contributed by atoms with Crippen molar-refractivity contribution in [3.63, 3.8) is 0 Å². The van der Waals surface area contributed by atoms with E-state index < -0.39 is 12.1 Å². The Morgan fingerprint density at radius 1 is 1.33 bits per heavy atom. The zero-order valence-electron chi connectivity index (χ0n) is 16.8. The summed E-state index contributed by atoms with van der Waals surface area (Å²) in [5, 5.41) is 23.6. The number of rotatable bonds is 5. The van der Waals surface area contributed by atoms with Crippen LogP contribution in [-0.4, -0.2) is 52.7 Å². The van der Waals surface area contributed by atoms with E-state index in [2.05, 4.69) is 33.1 Å². The number of fused-ring (bicyclic) bond motifs is 1. The van der Waals surface area contributed by atoms with Crippen molar-refractivity contribution < 1.29 is 9.53 Å². The highest BCUT2D eigenvalue weighted by Gasteiger charge is 2.23. The highest BCUT2D eigenvalue weighted by molar-refractivity contribution is 5.82. The second-order valence-electron chi connectivity index (χ2n) is 7.42. The highest BCUT2D eigenvalue weighted by atomic mass is 16.5. The third-order valence-electron chi connectivity index (χ3n) is 5.25. The lowest BCUT2D eigenvalue weighted by atomic mass is 10.0. The zero-order valence-corrected chi connectivity index (χ0v) is 16.8. The minimum Gasteiger partial charge on any atom is -0.367 e. The van der Waals surface area contributed by atoms with E-state index in [0.29, 0.717) is 19.6 Å². The molecule has 1 saturated heterocycles. The minimum absolute atomic E-state index is 0.245. The van der Waals surface area contributed by atoms with Gasteiger partial charge in [-0.1, -0.05) is 35.5 Å². The minimum atomic E-state index is -0.605. The smallest absolute Gasteiger partial charge is 0.251 e. The molecule has 2 heterocycles. The molecule has 1 aromatic heterocycles. The lowest BCUT2D eigenvalue weighted by Gasteiger charge is -2.18. The van der Waals surface area contributed by atoms with Crippen molar-refractivity contribution in [2.75, 3.05) is 19.7 Å². The lowest BCUT2D eigenvalue weighted by Crippen LogP contribution is -2.46. The summed E-state index contributed by atoms with van der Waals surface area (Å²) in [7, 11) is 1.87. The van der Waals surface area contributed by atoms with Gasteiger partial charge in [0.2, 0.25) is 0 Å². The fourth-order valence-corrected chi connectivity index (χ4v) is 3.56. The molecule has 0 spiro atoms. The Morgan fingerprint density at radius 2 is 2.13 bits per heavy atom. The average molecular weight is 404 g/mol. The standard InChI is InChI=1S/C22H24N6O2/c1-28-20-12-17(7-8-19(20)26-27-28)16-5-3-15(4-6-16)11-18(13-23)25-22(29)21-14-24-9-2-10-30-21/h3-8,12,18,21,24H,2,9-11,14H2,1H3,(H,25,29)/t18-,21+/m1/s1. The number of hydrogen-bond donors (Lipinski definition) is 2. The third-order valence-corrected chi connectivity index (χ3v) is 5.25. The normalized spacial score (nSPS) is 17.8. The van der Waals surface area contributed by atoms with Crippen LogP contribution in [0.4, 0.5) is 0 Å². The van der Waals surface area contributed by atoms with E-state index in [-0.39, 0.29) is 5.91 Å². The van der Waals surface area contributed by atoms with Crippen molar-refractivity contribution >= 4 is 16.9 Å². The van der Waals surface area contributed by atoms with Crippen LogP contribution in [0, 0.1) is 11.3 Å². The Balaban J connectivity index is 1.41. The molecule has 1 fully saturated rings. The van der Waals surface area contributed by atoms with Gasteiger partial charge in [-0.05, 0) is 41.8 Å². The summed E-state index contributed by atoms with van der Waals surface area (Å²) in [6.45, 7) is 1.85. The summed E-state index contributed by atoms with van der Waals surface area (Å²) >= 11 is 0. The number of nitrogens with one attached hydrogen (secondary N) is 2. The second-order valence-corrected chi connectivity index (χ2v) is 7.42. The van der Waals surface area contributed by atoms with Gasteiger partial charge in [0.15, 0.2) is 0 Å². The van der Waals surface area contributed by atoms with Gasteiger partial charge in [-0.25, -0.2) is 4.68 Å². The van der Waals surface area contributed by atoms with Crippen LogP contribution in [0.2, 0.25) is 0 Å². The van der Waals surface area contributed by atoms with Gasteiger partial charge in [-0.2, -0.15) is 5.26 Å². The summed E-state index contributed by atoms with van der Waals surface area (Å²) in [6.07, 6.45) is 0.761. The van der Waals surface area contributed by atoms with E-state index in [1.54, 1.807) is 4.68 Å². The summed E-state index contributed by atoms with van der Waals surface area (Å²) in [5.74, 6) is -0.245. The number of ether oxygens (including phenoxy) is 1.